The van der Waals surface area contributed by atoms with Crippen LogP contribution in [-0.4, -0.2) is 45.2 Å². The lowest BCUT2D eigenvalue weighted by molar-refractivity contribution is -0.118. The van der Waals surface area contributed by atoms with Gasteiger partial charge in [-0.15, -0.1) is 12.4 Å². The predicted molar refractivity (Wildman–Crippen MR) is 110 cm³/mol. The summed E-state index contributed by atoms with van der Waals surface area (Å²) in [6.07, 6.45) is 0. The Balaban J connectivity index is 0.00000280. The van der Waals surface area contributed by atoms with Crippen molar-refractivity contribution in [3.63, 3.8) is 0 Å². The Morgan fingerprint density at radius 1 is 1.11 bits per heavy atom. The Morgan fingerprint density at radius 3 is 2.50 bits per heavy atom. The van der Waals surface area contributed by atoms with Crippen LogP contribution in [0.3, 0.4) is 0 Å². The summed E-state index contributed by atoms with van der Waals surface area (Å²) < 4.78 is 10.6. The van der Waals surface area contributed by atoms with Crippen molar-refractivity contribution in [2.45, 2.75) is 0 Å². The van der Waals surface area contributed by atoms with Crippen LogP contribution in [0.5, 0.6) is 11.5 Å². The highest BCUT2D eigenvalue weighted by Gasteiger charge is 2.17. The summed E-state index contributed by atoms with van der Waals surface area (Å²) in [6, 6.07) is 13.8. The molecule has 0 saturated carbocycles. The monoisotopic (exact) mass is 405 g/mol. The molecule has 28 heavy (non-hydrogen) atoms. The molecule has 0 bridgehead atoms. The van der Waals surface area contributed by atoms with Crippen molar-refractivity contribution < 1.29 is 19.1 Å². The number of nitrogens with one attached hydrogen (secondary N) is 3. The molecule has 8 heteroatoms. The van der Waals surface area contributed by atoms with Crippen molar-refractivity contribution in [2.75, 3.05) is 38.7 Å². The molecule has 0 spiro atoms. The lowest BCUT2D eigenvalue weighted by Gasteiger charge is -2.27. The Bertz CT molecular complexity index is 794. The van der Waals surface area contributed by atoms with Gasteiger partial charge in [0.05, 0.1) is 7.11 Å². The highest BCUT2D eigenvalue weighted by Crippen LogP contribution is 2.17. The van der Waals surface area contributed by atoms with Crippen LogP contribution in [0.4, 0.5) is 5.69 Å². The number of ether oxygens (including phenoxy) is 2. The van der Waals surface area contributed by atoms with Gasteiger partial charge >= 0.3 is 0 Å². The van der Waals surface area contributed by atoms with E-state index in [9.17, 15) is 9.59 Å². The molecule has 1 fully saturated rings. The first-order chi connectivity index (χ1) is 13.1. The molecule has 1 heterocycles. The van der Waals surface area contributed by atoms with Crippen molar-refractivity contribution in [3.8, 4) is 11.5 Å². The van der Waals surface area contributed by atoms with Gasteiger partial charge in [-0.3, -0.25) is 9.59 Å². The molecule has 0 unspecified atom stereocenters. The second-order valence-corrected chi connectivity index (χ2v) is 6.33. The molecule has 3 rings (SSSR count). The average Bonchev–Trinajstić information content (AvgIpc) is 2.65. The minimum atomic E-state index is -0.279. The normalized spacial score (nSPS) is 12.9. The molecule has 7 nitrogen and oxygen atoms in total. The van der Waals surface area contributed by atoms with E-state index in [1.807, 2.05) is 0 Å². The summed E-state index contributed by atoms with van der Waals surface area (Å²) in [6.45, 7) is 2.45. The van der Waals surface area contributed by atoms with E-state index < -0.39 is 0 Å². The lowest BCUT2D eigenvalue weighted by Crippen LogP contribution is -2.48. The van der Waals surface area contributed by atoms with Crippen molar-refractivity contribution in [3.05, 3.63) is 54.1 Å². The number of carbonyl (C=O) groups is 2. The number of carbonyl (C=O) groups excluding carboxylic acids is 2. The van der Waals surface area contributed by atoms with Crippen LogP contribution >= 0.6 is 12.4 Å². The minimum absolute atomic E-state index is 0. The highest BCUT2D eigenvalue weighted by atomic mass is 35.5. The van der Waals surface area contributed by atoms with Gasteiger partial charge in [0.25, 0.3) is 11.8 Å². The maximum Gasteiger partial charge on any atom is 0.262 e. The first-order valence-corrected chi connectivity index (χ1v) is 8.80. The van der Waals surface area contributed by atoms with E-state index in [0.29, 0.717) is 35.2 Å². The van der Waals surface area contributed by atoms with Gasteiger partial charge in [0.15, 0.2) is 6.61 Å². The highest BCUT2D eigenvalue weighted by molar-refractivity contribution is 5.94. The summed E-state index contributed by atoms with van der Waals surface area (Å²) >= 11 is 0. The third-order valence-electron chi connectivity index (χ3n) is 4.26. The summed E-state index contributed by atoms with van der Waals surface area (Å²) in [5.74, 6) is 1.31. The van der Waals surface area contributed by atoms with Crippen LogP contribution < -0.4 is 25.4 Å². The number of anilines is 1. The van der Waals surface area contributed by atoms with Gasteiger partial charge in [-0.05, 0) is 36.4 Å². The number of hydrogen-bond donors (Lipinski definition) is 3. The minimum Gasteiger partial charge on any atom is -0.497 e. The van der Waals surface area contributed by atoms with Gasteiger partial charge in [-0.25, -0.2) is 0 Å². The first kappa shape index (κ1) is 21.5. The quantitative estimate of drug-likeness (QED) is 0.625. The fraction of sp³-hybridized carbons (Fsp3) is 0.300. The molecule has 0 atom stereocenters. The first-order valence-electron chi connectivity index (χ1n) is 8.80. The molecule has 0 radical (unpaired) electrons. The molecule has 2 aromatic carbocycles. The summed E-state index contributed by atoms with van der Waals surface area (Å²) in [5, 5.41) is 8.82. The number of methoxy groups -OCH3 is 1. The van der Waals surface area contributed by atoms with Crippen molar-refractivity contribution in [2.24, 2.45) is 5.92 Å². The molecule has 3 N–H and O–H groups in total. The van der Waals surface area contributed by atoms with Gasteiger partial charge in [0.1, 0.15) is 11.5 Å². The number of rotatable bonds is 8. The largest absolute Gasteiger partial charge is 0.497 e. The van der Waals surface area contributed by atoms with Gasteiger partial charge in [-0.2, -0.15) is 0 Å². The molecule has 1 saturated heterocycles. The van der Waals surface area contributed by atoms with Gasteiger partial charge in [0, 0.05) is 42.9 Å². The van der Waals surface area contributed by atoms with E-state index in [1.54, 1.807) is 55.6 Å². The maximum absolute atomic E-state index is 12.1. The van der Waals surface area contributed by atoms with E-state index in [4.69, 9.17) is 9.47 Å². The standard InChI is InChI=1S/C20H23N3O4.ClH/c1-26-18-4-2-3-16(9-18)23-19(24)13-27-17-7-5-15(6-8-17)20(25)22-12-14-10-21-11-14;/h2-9,14,21H,10-13H2,1H3,(H,22,25)(H,23,24);1H. The van der Waals surface area contributed by atoms with Crippen molar-refractivity contribution in [1.29, 1.82) is 0 Å². The summed E-state index contributed by atoms with van der Waals surface area (Å²) in [4.78, 5) is 24.1. The van der Waals surface area contributed by atoms with Gasteiger partial charge in [0.2, 0.25) is 0 Å². The van der Waals surface area contributed by atoms with Crippen LogP contribution in [0, 0.1) is 5.92 Å². The molecule has 2 amide bonds. The number of benzene rings is 2. The Morgan fingerprint density at radius 2 is 1.86 bits per heavy atom. The average molecular weight is 406 g/mol. The van der Waals surface area contributed by atoms with Crippen molar-refractivity contribution in [1.82, 2.24) is 10.6 Å². The molecule has 0 aromatic heterocycles. The molecule has 1 aliphatic rings. The molecule has 1 aliphatic heterocycles. The fourth-order valence-corrected chi connectivity index (χ4v) is 2.58. The van der Waals surface area contributed by atoms with Crippen LogP contribution in [0.2, 0.25) is 0 Å². The third kappa shape index (κ3) is 6.14. The summed E-state index contributed by atoms with van der Waals surface area (Å²) in [5.41, 5.74) is 1.20. The lowest BCUT2D eigenvalue weighted by atomic mass is 10.0. The summed E-state index contributed by atoms with van der Waals surface area (Å²) in [7, 11) is 1.57. The SMILES string of the molecule is COc1cccc(NC(=O)COc2ccc(C(=O)NCC3CNC3)cc2)c1.Cl. The van der Waals surface area contributed by atoms with Gasteiger partial charge in [-0.1, -0.05) is 6.07 Å². The van der Waals surface area contributed by atoms with Crippen LogP contribution in [0.1, 0.15) is 10.4 Å². The molecule has 2 aromatic rings. The van der Waals surface area contributed by atoms with E-state index >= 15 is 0 Å². The van der Waals surface area contributed by atoms with Crippen LogP contribution in [0.15, 0.2) is 48.5 Å². The Hall–Kier alpha value is -2.77. The molecule has 0 aliphatic carbocycles. The second kappa shape index (κ2) is 10.5. The second-order valence-electron chi connectivity index (χ2n) is 6.33. The van der Waals surface area contributed by atoms with E-state index in [2.05, 4.69) is 16.0 Å². The zero-order chi connectivity index (χ0) is 19.1. The fourth-order valence-electron chi connectivity index (χ4n) is 2.58. The third-order valence-corrected chi connectivity index (χ3v) is 4.26. The Kier molecular flexibility index (Phi) is 8.10. The number of halogens is 1. The van der Waals surface area contributed by atoms with Crippen LogP contribution in [0.25, 0.3) is 0 Å². The predicted octanol–water partition coefficient (Wildman–Crippen LogP) is 2.08. The molecular weight excluding hydrogens is 382 g/mol. The molecular formula is C20H24ClN3O4. The van der Waals surface area contributed by atoms with Gasteiger partial charge < -0.3 is 25.4 Å². The van der Waals surface area contributed by atoms with E-state index in [0.717, 1.165) is 13.1 Å². The zero-order valence-electron chi connectivity index (χ0n) is 15.6. The topological polar surface area (TPSA) is 88.7 Å². The maximum atomic E-state index is 12.1. The van der Waals surface area contributed by atoms with Crippen LogP contribution in [-0.2, 0) is 4.79 Å². The smallest absolute Gasteiger partial charge is 0.262 e. The number of amides is 2. The number of hydrogen-bond acceptors (Lipinski definition) is 5. The van der Waals surface area contributed by atoms with Crippen molar-refractivity contribution >= 4 is 29.9 Å². The molecule has 150 valence electrons. The van der Waals surface area contributed by atoms with E-state index in [-0.39, 0.29) is 30.8 Å². The zero-order valence-corrected chi connectivity index (χ0v) is 16.4. The Labute approximate surface area is 170 Å². The van der Waals surface area contributed by atoms with E-state index in [1.165, 1.54) is 0 Å².